The average molecular weight is 398 g/mol. The zero-order valence-electron chi connectivity index (χ0n) is 15.7. The first-order valence-corrected chi connectivity index (χ1v) is 10.1. The molecule has 0 radical (unpaired) electrons. The topological polar surface area (TPSA) is 52.7 Å². The highest BCUT2D eigenvalue weighted by Gasteiger charge is 2.28. The molecule has 1 saturated heterocycles. The monoisotopic (exact) mass is 397 g/mol. The summed E-state index contributed by atoms with van der Waals surface area (Å²) in [5.74, 6) is 0.0290. The lowest BCUT2D eigenvalue weighted by atomic mass is 9.89. The maximum Gasteiger partial charge on any atom is 0.227 e. The van der Waals surface area contributed by atoms with Gasteiger partial charge in [0.15, 0.2) is 0 Å². The molecule has 2 heterocycles. The van der Waals surface area contributed by atoms with E-state index in [0.717, 1.165) is 35.1 Å². The number of nitrogens with one attached hydrogen (secondary N) is 1. The molecule has 4 rings (SSSR count). The second-order valence-electron chi connectivity index (χ2n) is 7.43. The van der Waals surface area contributed by atoms with Crippen molar-refractivity contribution >= 4 is 34.8 Å². The second-order valence-corrected chi connectivity index (χ2v) is 7.87. The van der Waals surface area contributed by atoms with Gasteiger partial charge in [-0.25, -0.2) is 0 Å². The van der Waals surface area contributed by atoms with Gasteiger partial charge in [-0.1, -0.05) is 35.9 Å². The number of hydrogen-bond acceptors (Lipinski definition) is 3. The summed E-state index contributed by atoms with van der Waals surface area (Å²) in [6, 6.07) is 15.7. The average Bonchev–Trinajstić information content (AvgIpc) is 2.72. The molecule has 0 bridgehead atoms. The predicted molar refractivity (Wildman–Crippen MR) is 112 cm³/mol. The Morgan fingerprint density at radius 2 is 1.86 bits per heavy atom. The highest BCUT2D eigenvalue weighted by atomic mass is 35.5. The van der Waals surface area contributed by atoms with Crippen molar-refractivity contribution in [1.82, 2.24) is 4.90 Å². The van der Waals surface area contributed by atoms with E-state index in [2.05, 4.69) is 10.2 Å². The maximum atomic E-state index is 12.6. The molecule has 2 aromatic carbocycles. The molecule has 0 aromatic heterocycles. The van der Waals surface area contributed by atoms with Crippen molar-refractivity contribution in [3.63, 3.8) is 0 Å². The molecule has 1 N–H and O–H groups in total. The summed E-state index contributed by atoms with van der Waals surface area (Å²) in [6.45, 7) is 2.99. The third-order valence-electron chi connectivity index (χ3n) is 5.62. The Morgan fingerprint density at radius 3 is 2.64 bits per heavy atom. The van der Waals surface area contributed by atoms with Gasteiger partial charge in [0.1, 0.15) is 0 Å². The van der Waals surface area contributed by atoms with Crippen molar-refractivity contribution in [3.8, 4) is 0 Å². The molecule has 2 aliphatic heterocycles. The van der Waals surface area contributed by atoms with Crippen LogP contribution >= 0.6 is 11.6 Å². The number of fused-ring (bicyclic) bond motifs is 1. The number of para-hydroxylation sites is 1. The number of carbonyl (C=O) groups excluding carboxylic acids is 2. The first kappa shape index (κ1) is 18.8. The molecule has 2 aliphatic rings. The van der Waals surface area contributed by atoms with Crippen molar-refractivity contribution in [2.45, 2.75) is 19.3 Å². The number of benzene rings is 2. The van der Waals surface area contributed by atoms with Gasteiger partial charge in [0.2, 0.25) is 11.8 Å². The highest BCUT2D eigenvalue weighted by molar-refractivity contribution is 6.30. The van der Waals surface area contributed by atoms with Crippen LogP contribution in [0.3, 0.4) is 0 Å². The van der Waals surface area contributed by atoms with Crippen LogP contribution in [0.1, 0.15) is 18.4 Å². The van der Waals surface area contributed by atoms with E-state index in [0.29, 0.717) is 32.4 Å². The van der Waals surface area contributed by atoms with Gasteiger partial charge in [0, 0.05) is 54.9 Å². The molecule has 0 saturated carbocycles. The summed E-state index contributed by atoms with van der Waals surface area (Å²) in [4.78, 5) is 29.1. The van der Waals surface area contributed by atoms with E-state index >= 15 is 0 Å². The van der Waals surface area contributed by atoms with Gasteiger partial charge < -0.3 is 15.1 Å². The van der Waals surface area contributed by atoms with Crippen molar-refractivity contribution < 1.29 is 9.59 Å². The molecule has 1 atom stereocenters. The summed E-state index contributed by atoms with van der Waals surface area (Å²) in [5, 5.41) is 3.69. The van der Waals surface area contributed by atoms with Crippen molar-refractivity contribution in [2.24, 2.45) is 5.92 Å². The number of carbonyl (C=O) groups is 2. The molecule has 6 heteroatoms. The maximum absolute atomic E-state index is 12.6. The zero-order valence-corrected chi connectivity index (χ0v) is 16.5. The number of amides is 2. The van der Waals surface area contributed by atoms with E-state index in [-0.39, 0.29) is 17.7 Å². The Morgan fingerprint density at radius 1 is 1.07 bits per heavy atom. The number of rotatable bonds is 4. The molecular formula is C22H24ClN3O2. The lowest BCUT2D eigenvalue weighted by molar-refractivity contribution is -0.132. The minimum atomic E-state index is -0.133. The molecule has 146 valence electrons. The van der Waals surface area contributed by atoms with Gasteiger partial charge in [-0.3, -0.25) is 9.59 Å². The van der Waals surface area contributed by atoms with Crippen LogP contribution in [-0.4, -0.2) is 42.9 Å². The summed E-state index contributed by atoms with van der Waals surface area (Å²) < 4.78 is 0. The number of piperazine rings is 1. The first-order chi connectivity index (χ1) is 13.6. The van der Waals surface area contributed by atoms with Crippen LogP contribution < -0.4 is 10.2 Å². The molecule has 2 aromatic rings. The van der Waals surface area contributed by atoms with Gasteiger partial charge in [-0.2, -0.15) is 0 Å². The summed E-state index contributed by atoms with van der Waals surface area (Å²) in [6.07, 6.45) is 1.71. The van der Waals surface area contributed by atoms with E-state index in [1.54, 1.807) is 0 Å². The Bertz CT molecular complexity index is 878. The van der Waals surface area contributed by atoms with Crippen LogP contribution in [0.5, 0.6) is 0 Å². The lowest BCUT2D eigenvalue weighted by Gasteiger charge is -2.36. The first-order valence-electron chi connectivity index (χ1n) is 9.77. The minimum absolute atomic E-state index is 0.0253. The quantitative estimate of drug-likeness (QED) is 0.857. The van der Waals surface area contributed by atoms with Crippen LogP contribution in [0.4, 0.5) is 11.4 Å². The van der Waals surface area contributed by atoms with E-state index in [1.807, 2.05) is 53.4 Å². The molecule has 5 nitrogen and oxygen atoms in total. The Kier molecular flexibility index (Phi) is 5.53. The Labute approximate surface area is 170 Å². The van der Waals surface area contributed by atoms with Gasteiger partial charge in [-0.15, -0.1) is 0 Å². The van der Waals surface area contributed by atoms with E-state index in [9.17, 15) is 9.59 Å². The van der Waals surface area contributed by atoms with Crippen molar-refractivity contribution in [3.05, 3.63) is 59.1 Å². The third kappa shape index (κ3) is 4.14. The number of nitrogens with zero attached hydrogens (tertiary/aromatic N) is 2. The number of hydrogen-bond donors (Lipinski definition) is 1. The van der Waals surface area contributed by atoms with Crippen LogP contribution in [0.25, 0.3) is 0 Å². The van der Waals surface area contributed by atoms with Crippen molar-refractivity contribution in [1.29, 1.82) is 0 Å². The predicted octanol–water partition coefficient (Wildman–Crippen LogP) is 3.58. The highest BCUT2D eigenvalue weighted by Crippen LogP contribution is 2.28. The SMILES string of the molecule is O=C1Nc2ccccc2CC1CCC(=O)N1CCN(c2cccc(Cl)c2)CC1. The summed E-state index contributed by atoms with van der Waals surface area (Å²) >= 11 is 6.08. The largest absolute Gasteiger partial charge is 0.368 e. The molecule has 1 fully saturated rings. The normalized spacial score (nSPS) is 19.2. The van der Waals surface area contributed by atoms with Crippen LogP contribution in [-0.2, 0) is 16.0 Å². The van der Waals surface area contributed by atoms with Gasteiger partial charge >= 0.3 is 0 Å². The fraction of sp³-hybridized carbons (Fsp3) is 0.364. The molecule has 2 amide bonds. The van der Waals surface area contributed by atoms with E-state index in [1.165, 1.54) is 0 Å². The standard InChI is InChI=1S/C22H24ClN3O2/c23-18-5-3-6-19(15-18)25-10-12-26(13-11-25)21(27)9-8-17-14-16-4-1-2-7-20(16)24-22(17)28/h1-7,15,17H,8-14H2,(H,24,28). The molecule has 0 aliphatic carbocycles. The molecule has 1 unspecified atom stereocenters. The zero-order chi connectivity index (χ0) is 19.5. The Balaban J connectivity index is 1.28. The van der Waals surface area contributed by atoms with E-state index < -0.39 is 0 Å². The van der Waals surface area contributed by atoms with Gasteiger partial charge in [-0.05, 0) is 42.7 Å². The fourth-order valence-corrected chi connectivity index (χ4v) is 4.17. The summed E-state index contributed by atoms with van der Waals surface area (Å²) in [7, 11) is 0. The molecule has 0 spiro atoms. The van der Waals surface area contributed by atoms with Crippen LogP contribution in [0.2, 0.25) is 5.02 Å². The van der Waals surface area contributed by atoms with Crippen molar-refractivity contribution in [2.75, 3.05) is 36.4 Å². The van der Waals surface area contributed by atoms with Crippen LogP contribution in [0, 0.1) is 5.92 Å². The second kappa shape index (κ2) is 8.23. The lowest BCUT2D eigenvalue weighted by Crippen LogP contribution is -2.49. The van der Waals surface area contributed by atoms with E-state index in [4.69, 9.17) is 11.6 Å². The third-order valence-corrected chi connectivity index (χ3v) is 5.86. The van der Waals surface area contributed by atoms with Gasteiger partial charge in [0.05, 0.1) is 0 Å². The number of halogens is 1. The Hall–Kier alpha value is -2.53. The van der Waals surface area contributed by atoms with Gasteiger partial charge in [0.25, 0.3) is 0 Å². The summed E-state index contributed by atoms with van der Waals surface area (Å²) in [5.41, 5.74) is 3.14. The fourth-order valence-electron chi connectivity index (χ4n) is 3.99. The number of anilines is 2. The molecule has 28 heavy (non-hydrogen) atoms. The smallest absolute Gasteiger partial charge is 0.227 e. The molecular weight excluding hydrogens is 374 g/mol. The minimum Gasteiger partial charge on any atom is -0.368 e. The van der Waals surface area contributed by atoms with Crippen LogP contribution in [0.15, 0.2) is 48.5 Å².